The molecule has 1 aromatic rings. The molecule has 0 bridgehead atoms. The van der Waals surface area contributed by atoms with Crippen LogP contribution in [0.25, 0.3) is 0 Å². The fraction of sp³-hybridized carbons (Fsp3) is 0.611. The number of hydrogen-bond acceptors (Lipinski definition) is 4. The van der Waals surface area contributed by atoms with Gasteiger partial charge in [-0.25, -0.2) is 0 Å². The molecular weight excluding hydrogens is 276 g/mol. The average molecular weight is 304 g/mol. The van der Waals surface area contributed by atoms with E-state index >= 15 is 0 Å². The van der Waals surface area contributed by atoms with Crippen LogP contribution in [0.2, 0.25) is 0 Å². The number of benzene rings is 1. The summed E-state index contributed by atoms with van der Waals surface area (Å²) in [4.78, 5) is 14.1. The summed E-state index contributed by atoms with van der Waals surface area (Å²) in [7, 11) is 0. The third-order valence-corrected chi connectivity index (χ3v) is 4.27. The topological polar surface area (TPSA) is 55.6 Å². The normalized spacial score (nSPS) is 16.4. The number of aryl methyl sites for hydroxylation is 1. The van der Waals surface area contributed by atoms with Crippen LogP contribution in [0.3, 0.4) is 0 Å². The van der Waals surface area contributed by atoms with Crippen LogP contribution in [0.15, 0.2) is 18.2 Å². The van der Waals surface area contributed by atoms with Crippen molar-refractivity contribution >= 4 is 11.7 Å². The van der Waals surface area contributed by atoms with Gasteiger partial charge in [-0.2, -0.15) is 0 Å². The van der Waals surface area contributed by atoms with Crippen molar-refractivity contribution in [2.24, 2.45) is 5.73 Å². The maximum atomic E-state index is 11.7. The van der Waals surface area contributed by atoms with Gasteiger partial charge in [0.1, 0.15) is 6.04 Å². The molecule has 22 heavy (non-hydrogen) atoms. The zero-order valence-corrected chi connectivity index (χ0v) is 13.8. The molecule has 0 amide bonds. The highest BCUT2D eigenvalue weighted by atomic mass is 16.5. The Morgan fingerprint density at radius 3 is 2.64 bits per heavy atom. The quantitative estimate of drug-likeness (QED) is 0.821. The van der Waals surface area contributed by atoms with Crippen molar-refractivity contribution in [3.05, 3.63) is 29.3 Å². The molecule has 0 saturated carbocycles. The third-order valence-electron chi connectivity index (χ3n) is 4.27. The van der Waals surface area contributed by atoms with Crippen molar-refractivity contribution in [3.63, 3.8) is 0 Å². The molecule has 1 aromatic carbocycles. The van der Waals surface area contributed by atoms with Crippen molar-refractivity contribution in [1.82, 2.24) is 0 Å². The van der Waals surface area contributed by atoms with E-state index in [1.165, 1.54) is 30.5 Å². The van der Waals surface area contributed by atoms with Gasteiger partial charge in [-0.05, 0) is 56.2 Å². The molecule has 4 heteroatoms. The Balaban J connectivity index is 2.09. The van der Waals surface area contributed by atoms with Crippen LogP contribution < -0.4 is 10.6 Å². The summed E-state index contributed by atoms with van der Waals surface area (Å²) < 4.78 is 4.98. The lowest BCUT2D eigenvalue weighted by atomic mass is 9.99. The van der Waals surface area contributed by atoms with Crippen LogP contribution in [0.4, 0.5) is 5.69 Å². The number of carbonyl (C=O) groups is 1. The molecule has 0 radical (unpaired) electrons. The first-order valence-electron chi connectivity index (χ1n) is 8.44. The summed E-state index contributed by atoms with van der Waals surface area (Å²) in [5, 5.41) is 0. The largest absolute Gasteiger partial charge is 0.465 e. The van der Waals surface area contributed by atoms with E-state index in [9.17, 15) is 4.79 Å². The van der Waals surface area contributed by atoms with Gasteiger partial charge in [0.2, 0.25) is 0 Å². The maximum absolute atomic E-state index is 11.7. The summed E-state index contributed by atoms with van der Waals surface area (Å²) in [5.41, 5.74) is 9.72. The second-order valence-corrected chi connectivity index (χ2v) is 5.93. The summed E-state index contributed by atoms with van der Waals surface area (Å²) >= 11 is 0. The van der Waals surface area contributed by atoms with Gasteiger partial charge in [0.05, 0.1) is 6.61 Å². The Labute approximate surface area is 133 Å². The first kappa shape index (κ1) is 16.8. The second kappa shape index (κ2) is 8.18. The number of hydrogen-bond donors (Lipinski definition) is 1. The summed E-state index contributed by atoms with van der Waals surface area (Å²) in [6.45, 7) is 6.65. The van der Waals surface area contributed by atoms with Gasteiger partial charge < -0.3 is 15.4 Å². The van der Waals surface area contributed by atoms with E-state index in [0.717, 1.165) is 25.1 Å². The van der Waals surface area contributed by atoms with E-state index in [0.29, 0.717) is 13.0 Å². The van der Waals surface area contributed by atoms with Gasteiger partial charge in [-0.3, -0.25) is 4.79 Å². The fourth-order valence-corrected chi connectivity index (χ4v) is 3.08. The number of esters is 1. The molecule has 1 fully saturated rings. The van der Waals surface area contributed by atoms with E-state index < -0.39 is 6.04 Å². The van der Waals surface area contributed by atoms with E-state index in [1.807, 2.05) is 0 Å². The lowest BCUT2D eigenvalue weighted by molar-refractivity contribution is -0.144. The van der Waals surface area contributed by atoms with Crippen LogP contribution in [0.1, 0.15) is 44.2 Å². The maximum Gasteiger partial charge on any atom is 0.323 e. The molecule has 1 aliphatic rings. The lowest BCUT2D eigenvalue weighted by Gasteiger charge is -2.31. The van der Waals surface area contributed by atoms with Crippen LogP contribution in [-0.4, -0.2) is 31.7 Å². The Kier molecular flexibility index (Phi) is 6.25. The molecule has 1 heterocycles. The molecule has 2 N–H and O–H groups in total. The second-order valence-electron chi connectivity index (χ2n) is 5.93. The van der Waals surface area contributed by atoms with Crippen molar-refractivity contribution < 1.29 is 9.53 Å². The third kappa shape index (κ3) is 4.23. The number of carbonyl (C=O) groups excluding carboxylic acids is 1. The number of anilines is 1. The van der Waals surface area contributed by atoms with Crippen molar-refractivity contribution in [2.75, 3.05) is 24.6 Å². The predicted octanol–water partition coefficient (Wildman–Crippen LogP) is 2.67. The molecule has 1 aliphatic heterocycles. The minimum atomic E-state index is -0.578. The van der Waals surface area contributed by atoms with E-state index in [2.05, 4.69) is 30.0 Å². The van der Waals surface area contributed by atoms with Gasteiger partial charge in [0.25, 0.3) is 0 Å². The van der Waals surface area contributed by atoms with E-state index in [-0.39, 0.29) is 5.97 Å². The highest BCUT2D eigenvalue weighted by Gasteiger charge is 2.17. The molecule has 4 nitrogen and oxygen atoms in total. The lowest BCUT2D eigenvalue weighted by Crippen LogP contribution is -2.34. The molecule has 122 valence electrons. The van der Waals surface area contributed by atoms with Gasteiger partial charge in [-0.15, -0.1) is 0 Å². The molecule has 1 atom stereocenters. The summed E-state index contributed by atoms with van der Waals surface area (Å²) in [5.74, 6) is -0.319. The minimum absolute atomic E-state index is 0.319. The summed E-state index contributed by atoms with van der Waals surface area (Å²) in [6.07, 6.45) is 5.42. The minimum Gasteiger partial charge on any atom is -0.465 e. The van der Waals surface area contributed by atoms with E-state index in [4.69, 9.17) is 10.5 Å². The molecule has 2 rings (SSSR count). The van der Waals surface area contributed by atoms with Crippen LogP contribution in [0.5, 0.6) is 0 Å². The van der Waals surface area contributed by atoms with Crippen molar-refractivity contribution in [3.8, 4) is 0 Å². The van der Waals surface area contributed by atoms with Crippen LogP contribution in [-0.2, 0) is 22.4 Å². The number of nitrogens with zero attached hydrogens (tertiary/aromatic N) is 1. The Hall–Kier alpha value is -1.55. The first-order valence-corrected chi connectivity index (χ1v) is 8.44. The molecular formula is C18H28N2O2. The fourth-order valence-electron chi connectivity index (χ4n) is 3.08. The monoisotopic (exact) mass is 304 g/mol. The van der Waals surface area contributed by atoms with Crippen LogP contribution >= 0.6 is 0 Å². The Morgan fingerprint density at radius 2 is 2.00 bits per heavy atom. The average Bonchev–Trinajstić information content (AvgIpc) is 2.55. The first-order chi connectivity index (χ1) is 10.7. The van der Waals surface area contributed by atoms with Crippen molar-refractivity contribution in [1.29, 1.82) is 0 Å². The van der Waals surface area contributed by atoms with Crippen LogP contribution in [0, 0.1) is 0 Å². The van der Waals surface area contributed by atoms with Crippen molar-refractivity contribution in [2.45, 2.75) is 52.0 Å². The highest BCUT2D eigenvalue weighted by molar-refractivity contribution is 5.76. The van der Waals surface area contributed by atoms with Gasteiger partial charge in [0, 0.05) is 18.8 Å². The van der Waals surface area contributed by atoms with Gasteiger partial charge in [-0.1, -0.05) is 19.1 Å². The molecule has 0 spiro atoms. The van der Waals surface area contributed by atoms with Gasteiger partial charge >= 0.3 is 5.97 Å². The number of rotatable bonds is 6. The number of nitrogens with two attached hydrogens (primary N) is 1. The molecule has 0 aromatic heterocycles. The smallest absolute Gasteiger partial charge is 0.323 e. The molecule has 1 unspecified atom stereocenters. The Bertz CT molecular complexity index is 496. The zero-order valence-electron chi connectivity index (χ0n) is 13.8. The number of piperidine rings is 1. The molecule has 0 aliphatic carbocycles. The predicted molar refractivity (Wildman–Crippen MR) is 90.2 cm³/mol. The Morgan fingerprint density at radius 1 is 1.27 bits per heavy atom. The number of ether oxygens (including phenoxy) is 1. The SMILES string of the molecule is CCOC(=O)C(N)Cc1ccc(N2CCCCC2)c(CC)c1. The van der Waals surface area contributed by atoms with E-state index in [1.54, 1.807) is 6.92 Å². The molecule has 1 saturated heterocycles. The zero-order chi connectivity index (χ0) is 15.9. The van der Waals surface area contributed by atoms with Gasteiger partial charge in [0.15, 0.2) is 0 Å². The summed E-state index contributed by atoms with van der Waals surface area (Å²) in [6, 6.07) is 5.91. The standard InChI is InChI=1S/C18H28N2O2/c1-3-15-12-14(13-16(19)18(21)22-4-2)8-9-17(15)20-10-6-5-7-11-20/h8-9,12,16H,3-7,10-11,13,19H2,1-2H3. The highest BCUT2D eigenvalue weighted by Crippen LogP contribution is 2.26.